The number of hydrogen-bond donors (Lipinski definition) is 1. The van der Waals surface area contributed by atoms with Crippen LogP contribution in [0, 0.1) is 0 Å². The van der Waals surface area contributed by atoms with Gasteiger partial charge < -0.3 is 15.0 Å². The van der Waals surface area contributed by atoms with Crippen LogP contribution in [0.1, 0.15) is 29.6 Å². The van der Waals surface area contributed by atoms with Gasteiger partial charge in [0.15, 0.2) is 0 Å². The highest BCUT2D eigenvalue weighted by molar-refractivity contribution is 5.94. The minimum absolute atomic E-state index is 0. The maximum atomic E-state index is 12.1. The highest BCUT2D eigenvalue weighted by Crippen LogP contribution is 2.25. The van der Waals surface area contributed by atoms with Gasteiger partial charge in [-0.05, 0) is 50.6 Å². The number of hydrogen-bond acceptors (Lipinski definition) is 3. The van der Waals surface area contributed by atoms with Crippen LogP contribution in [0.3, 0.4) is 0 Å². The fourth-order valence-corrected chi connectivity index (χ4v) is 1.96. The maximum absolute atomic E-state index is 12.1. The molecule has 0 aromatic heterocycles. The number of carbonyl (C=O) groups is 1. The van der Waals surface area contributed by atoms with Gasteiger partial charge in [0, 0.05) is 25.7 Å². The molecule has 0 heterocycles. The Balaban J connectivity index is 0.00000200. The molecule has 1 aromatic carbocycles. The molecule has 0 atom stereocenters. The molecule has 112 valence electrons. The van der Waals surface area contributed by atoms with Gasteiger partial charge in [0.25, 0.3) is 5.91 Å². The van der Waals surface area contributed by atoms with Crippen LogP contribution >= 0.6 is 12.4 Å². The molecule has 5 heteroatoms. The van der Waals surface area contributed by atoms with Crippen LogP contribution in [0.25, 0.3) is 0 Å². The van der Waals surface area contributed by atoms with E-state index in [9.17, 15) is 4.79 Å². The van der Waals surface area contributed by atoms with E-state index < -0.39 is 0 Å². The first-order valence-electron chi connectivity index (χ1n) is 6.87. The van der Waals surface area contributed by atoms with Crippen LogP contribution in [0.4, 0.5) is 0 Å². The van der Waals surface area contributed by atoms with E-state index in [-0.39, 0.29) is 18.3 Å². The Morgan fingerprint density at radius 1 is 1.35 bits per heavy atom. The summed E-state index contributed by atoms with van der Waals surface area (Å²) in [6, 6.07) is 7.45. The van der Waals surface area contributed by atoms with E-state index >= 15 is 0 Å². The molecule has 0 aliphatic heterocycles. The lowest BCUT2D eigenvalue weighted by Gasteiger charge is -2.26. The number of benzene rings is 1. The van der Waals surface area contributed by atoms with Gasteiger partial charge in [-0.15, -0.1) is 12.4 Å². The van der Waals surface area contributed by atoms with Crippen LogP contribution < -0.4 is 10.1 Å². The SMILES string of the molecule is CNCCN(C)C(=O)c1ccc(OC2CCC2)cc1.Cl. The summed E-state index contributed by atoms with van der Waals surface area (Å²) in [5, 5.41) is 3.03. The first-order valence-corrected chi connectivity index (χ1v) is 6.87. The first-order chi connectivity index (χ1) is 9.20. The Labute approximate surface area is 126 Å². The van der Waals surface area contributed by atoms with Crippen molar-refractivity contribution in [3.63, 3.8) is 0 Å². The van der Waals surface area contributed by atoms with E-state index in [1.807, 2.05) is 38.4 Å². The van der Waals surface area contributed by atoms with Crippen molar-refractivity contribution < 1.29 is 9.53 Å². The third-order valence-corrected chi connectivity index (χ3v) is 3.50. The minimum atomic E-state index is 0. The summed E-state index contributed by atoms with van der Waals surface area (Å²) < 4.78 is 5.78. The van der Waals surface area contributed by atoms with Gasteiger partial charge in [0.05, 0.1) is 6.10 Å². The zero-order valence-electron chi connectivity index (χ0n) is 12.1. The molecule has 1 aliphatic rings. The largest absolute Gasteiger partial charge is 0.490 e. The number of likely N-dealkylation sites (N-methyl/N-ethyl adjacent to an activating group) is 2. The average Bonchev–Trinajstić information content (AvgIpc) is 2.40. The van der Waals surface area contributed by atoms with E-state index in [1.165, 1.54) is 6.42 Å². The Morgan fingerprint density at radius 3 is 2.50 bits per heavy atom. The summed E-state index contributed by atoms with van der Waals surface area (Å²) >= 11 is 0. The van der Waals surface area contributed by atoms with Crippen molar-refractivity contribution >= 4 is 18.3 Å². The molecule has 2 rings (SSSR count). The molecule has 0 spiro atoms. The Kier molecular flexibility index (Phi) is 6.82. The molecule has 1 amide bonds. The number of ether oxygens (including phenoxy) is 1. The fraction of sp³-hybridized carbons (Fsp3) is 0.533. The summed E-state index contributed by atoms with van der Waals surface area (Å²) in [5.41, 5.74) is 0.708. The molecule has 4 nitrogen and oxygen atoms in total. The van der Waals surface area contributed by atoms with Crippen LogP contribution in [-0.2, 0) is 0 Å². The molecule has 1 aliphatic carbocycles. The smallest absolute Gasteiger partial charge is 0.253 e. The highest BCUT2D eigenvalue weighted by Gasteiger charge is 2.19. The molecular weight excluding hydrogens is 276 g/mol. The molecule has 1 N–H and O–H groups in total. The highest BCUT2D eigenvalue weighted by atomic mass is 35.5. The number of nitrogens with zero attached hydrogens (tertiary/aromatic N) is 1. The number of nitrogens with one attached hydrogen (secondary N) is 1. The van der Waals surface area contributed by atoms with E-state index in [0.29, 0.717) is 18.2 Å². The van der Waals surface area contributed by atoms with Crippen molar-refractivity contribution in [2.45, 2.75) is 25.4 Å². The van der Waals surface area contributed by atoms with Crippen LogP contribution in [-0.4, -0.2) is 44.1 Å². The Hall–Kier alpha value is -1.26. The van der Waals surface area contributed by atoms with Crippen molar-refractivity contribution in [2.24, 2.45) is 0 Å². The lowest BCUT2D eigenvalue weighted by Crippen LogP contribution is -2.32. The summed E-state index contributed by atoms with van der Waals surface area (Å²) in [7, 11) is 3.70. The fourth-order valence-electron chi connectivity index (χ4n) is 1.96. The van der Waals surface area contributed by atoms with Crippen molar-refractivity contribution in [3.05, 3.63) is 29.8 Å². The summed E-state index contributed by atoms with van der Waals surface area (Å²) in [5.74, 6) is 0.907. The van der Waals surface area contributed by atoms with E-state index in [0.717, 1.165) is 25.1 Å². The van der Waals surface area contributed by atoms with E-state index in [1.54, 1.807) is 4.90 Å². The molecular formula is C15H23ClN2O2. The van der Waals surface area contributed by atoms with Gasteiger partial charge in [0.2, 0.25) is 0 Å². The summed E-state index contributed by atoms with van der Waals surface area (Å²) in [4.78, 5) is 13.8. The Morgan fingerprint density at radius 2 is 2.00 bits per heavy atom. The third-order valence-electron chi connectivity index (χ3n) is 3.50. The maximum Gasteiger partial charge on any atom is 0.253 e. The molecule has 1 fully saturated rings. The number of carbonyl (C=O) groups excluding carboxylic acids is 1. The van der Waals surface area contributed by atoms with Crippen LogP contribution in [0.5, 0.6) is 5.75 Å². The molecule has 0 bridgehead atoms. The van der Waals surface area contributed by atoms with Gasteiger partial charge in [-0.25, -0.2) is 0 Å². The quantitative estimate of drug-likeness (QED) is 0.876. The third kappa shape index (κ3) is 4.39. The van der Waals surface area contributed by atoms with Crippen LogP contribution in [0.2, 0.25) is 0 Å². The van der Waals surface area contributed by atoms with Crippen molar-refractivity contribution in [2.75, 3.05) is 27.2 Å². The van der Waals surface area contributed by atoms with Crippen molar-refractivity contribution in [1.29, 1.82) is 0 Å². The van der Waals surface area contributed by atoms with E-state index in [2.05, 4.69) is 5.32 Å². The van der Waals surface area contributed by atoms with Gasteiger partial charge in [-0.1, -0.05) is 0 Å². The predicted molar refractivity (Wildman–Crippen MR) is 82.8 cm³/mol. The predicted octanol–water partition coefficient (Wildman–Crippen LogP) is 2.33. The van der Waals surface area contributed by atoms with Crippen molar-refractivity contribution in [3.8, 4) is 5.75 Å². The number of halogens is 1. The molecule has 1 aromatic rings. The normalized spacial score (nSPS) is 14.1. The number of amides is 1. The first kappa shape index (κ1) is 16.8. The molecule has 0 saturated heterocycles. The van der Waals surface area contributed by atoms with Crippen molar-refractivity contribution in [1.82, 2.24) is 10.2 Å². The molecule has 20 heavy (non-hydrogen) atoms. The summed E-state index contributed by atoms with van der Waals surface area (Å²) in [6.07, 6.45) is 3.93. The van der Waals surface area contributed by atoms with Gasteiger partial charge in [0.1, 0.15) is 5.75 Å². The topological polar surface area (TPSA) is 41.6 Å². The van der Waals surface area contributed by atoms with Gasteiger partial charge in [-0.3, -0.25) is 4.79 Å². The van der Waals surface area contributed by atoms with E-state index in [4.69, 9.17) is 4.74 Å². The standard InChI is InChI=1S/C15H22N2O2.ClH/c1-16-10-11-17(2)15(18)12-6-8-14(9-7-12)19-13-4-3-5-13;/h6-9,13,16H,3-5,10-11H2,1-2H3;1H. The number of rotatable bonds is 6. The zero-order chi connectivity index (χ0) is 13.7. The monoisotopic (exact) mass is 298 g/mol. The lowest BCUT2D eigenvalue weighted by molar-refractivity contribution is 0.0796. The second kappa shape index (κ2) is 8.12. The molecule has 1 saturated carbocycles. The molecule has 0 unspecified atom stereocenters. The van der Waals surface area contributed by atoms with Gasteiger partial charge in [-0.2, -0.15) is 0 Å². The Bertz CT molecular complexity index is 418. The summed E-state index contributed by atoms with van der Waals surface area (Å²) in [6.45, 7) is 1.50. The average molecular weight is 299 g/mol. The molecule has 0 radical (unpaired) electrons. The second-order valence-corrected chi connectivity index (χ2v) is 5.03. The van der Waals surface area contributed by atoms with Crippen LogP contribution in [0.15, 0.2) is 24.3 Å². The minimum Gasteiger partial charge on any atom is -0.490 e. The zero-order valence-corrected chi connectivity index (χ0v) is 12.9. The second-order valence-electron chi connectivity index (χ2n) is 5.03. The van der Waals surface area contributed by atoms with Gasteiger partial charge >= 0.3 is 0 Å². The lowest BCUT2D eigenvalue weighted by atomic mass is 9.96.